The normalized spacial score (nSPS) is 10.2. The van der Waals surface area contributed by atoms with Crippen LogP contribution in [0.4, 0.5) is 5.69 Å². The summed E-state index contributed by atoms with van der Waals surface area (Å²) in [5, 5.41) is 4.90. The monoisotopic (exact) mass is 200 g/mol. The van der Waals surface area contributed by atoms with Crippen molar-refractivity contribution in [2.75, 3.05) is 11.9 Å². The number of anilines is 1. The summed E-state index contributed by atoms with van der Waals surface area (Å²) < 4.78 is 0. The highest BCUT2D eigenvalue weighted by atomic mass is 16.1. The maximum atomic E-state index is 11.2. The second-order valence-corrected chi connectivity index (χ2v) is 3.28. The van der Waals surface area contributed by atoms with Gasteiger partial charge in [0.05, 0.1) is 6.54 Å². The van der Waals surface area contributed by atoms with E-state index in [4.69, 9.17) is 5.73 Å². The van der Waals surface area contributed by atoms with Gasteiger partial charge in [-0.15, -0.1) is 0 Å². The summed E-state index contributed by atoms with van der Waals surface area (Å²) >= 11 is 0. The van der Waals surface area contributed by atoms with Gasteiger partial charge in [-0.3, -0.25) is 4.79 Å². The maximum absolute atomic E-state index is 11.2. The Bertz CT molecular complexity index is 488. The van der Waals surface area contributed by atoms with Crippen molar-refractivity contribution < 1.29 is 4.79 Å². The predicted octanol–water partition coefficient (Wildman–Crippen LogP) is 1.74. The number of nitrogens with two attached hydrogens (primary N) is 1. The van der Waals surface area contributed by atoms with Crippen LogP contribution in [0, 0.1) is 0 Å². The van der Waals surface area contributed by atoms with E-state index in [1.807, 2.05) is 42.5 Å². The molecule has 0 fully saturated rings. The Morgan fingerprint density at radius 2 is 1.87 bits per heavy atom. The van der Waals surface area contributed by atoms with Gasteiger partial charge in [-0.2, -0.15) is 0 Å². The third-order valence-corrected chi connectivity index (χ3v) is 2.25. The number of amides is 1. The van der Waals surface area contributed by atoms with Crippen LogP contribution in [0.25, 0.3) is 10.8 Å². The van der Waals surface area contributed by atoms with Crippen LogP contribution in [0.1, 0.15) is 0 Å². The van der Waals surface area contributed by atoms with Gasteiger partial charge >= 0.3 is 0 Å². The molecule has 0 atom stereocenters. The molecule has 3 nitrogen and oxygen atoms in total. The first kappa shape index (κ1) is 9.68. The molecule has 2 aromatic rings. The van der Waals surface area contributed by atoms with Gasteiger partial charge in [0, 0.05) is 11.1 Å². The van der Waals surface area contributed by atoms with Crippen LogP contribution in [0.3, 0.4) is 0 Å². The van der Waals surface area contributed by atoms with Crippen molar-refractivity contribution in [1.29, 1.82) is 0 Å². The molecule has 0 radical (unpaired) electrons. The van der Waals surface area contributed by atoms with E-state index < -0.39 is 0 Å². The molecule has 0 saturated carbocycles. The van der Waals surface area contributed by atoms with Crippen LogP contribution in [0.15, 0.2) is 42.5 Å². The Labute approximate surface area is 87.9 Å². The van der Waals surface area contributed by atoms with Crippen molar-refractivity contribution >= 4 is 22.4 Å². The van der Waals surface area contributed by atoms with Crippen molar-refractivity contribution in [3.8, 4) is 0 Å². The van der Waals surface area contributed by atoms with E-state index in [1.54, 1.807) is 0 Å². The molecule has 0 unspecified atom stereocenters. The average Bonchev–Trinajstić information content (AvgIpc) is 2.29. The molecule has 2 rings (SSSR count). The predicted molar refractivity (Wildman–Crippen MR) is 61.6 cm³/mol. The Morgan fingerprint density at radius 1 is 1.13 bits per heavy atom. The number of carbonyl (C=O) groups is 1. The van der Waals surface area contributed by atoms with Crippen molar-refractivity contribution in [3.05, 3.63) is 42.5 Å². The summed E-state index contributed by atoms with van der Waals surface area (Å²) in [5.74, 6) is -0.175. The SMILES string of the molecule is NCC(=O)Nc1cccc2ccccc12. The van der Waals surface area contributed by atoms with Gasteiger partial charge in [0.25, 0.3) is 0 Å². The first-order valence-corrected chi connectivity index (χ1v) is 4.79. The van der Waals surface area contributed by atoms with Gasteiger partial charge in [-0.25, -0.2) is 0 Å². The van der Waals surface area contributed by atoms with Gasteiger partial charge in [0.1, 0.15) is 0 Å². The fourth-order valence-electron chi connectivity index (χ4n) is 1.54. The van der Waals surface area contributed by atoms with Crippen molar-refractivity contribution in [2.24, 2.45) is 5.73 Å². The van der Waals surface area contributed by atoms with Crippen LogP contribution in [-0.2, 0) is 4.79 Å². The molecule has 76 valence electrons. The zero-order valence-corrected chi connectivity index (χ0v) is 8.23. The number of hydrogen-bond acceptors (Lipinski definition) is 2. The van der Waals surface area contributed by atoms with E-state index >= 15 is 0 Å². The molecule has 3 heteroatoms. The lowest BCUT2D eigenvalue weighted by atomic mass is 10.1. The van der Waals surface area contributed by atoms with E-state index in [0.29, 0.717) is 0 Å². The second-order valence-electron chi connectivity index (χ2n) is 3.28. The lowest BCUT2D eigenvalue weighted by Gasteiger charge is -2.07. The minimum absolute atomic E-state index is 0.00320. The van der Waals surface area contributed by atoms with Gasteiger partial charge in [-0.1, -0.05) is 36.4 Å². The molecule has 0 bridgehead atoms. The maximum Gasteiger partial charge on any atom is 0.238 e. The minimum atomic E-state index is -0.175. The quantitative estimate of drug-likeness (QED) is 0.775. The fraction of sp³-hybridized carbons (Fsp3) is 0.0833. The molecule has 0 spiro atoms. The van der Waals surface area contributed by atoms with Crippen LogP contribution >= 0.6 is 0 Å². The minimum Gasteiger partial charge on any atom is -0.324 e. The molecule has 2 aromatic carbocycles. The summed E-state index contributed by atoms with van der Waals surface area (Å²) in [7, 11) is 0. The number of fused-ring (bicyclic) bond motifs is 1. The zero-order chi connectivity index (χ0) is 10.7. The zero-order valence-electron chi connectivity index (χ0n) is 8.23. The van der Waals surface area contributed by atoms with E-state index in [1.165, 1.54) is 0 Å². The molecule has 15 heavy (non-hydrogen) atoms. The van der Waals surface area contributed by atoms with Crippen molar-refractivity contribution in [3.63, 3.8) is 0 Å². The highest BCUT2D eigenvalue weighted by Gasteiger charge is 2.02. The van der Waals surface area contributed by atoms with E-state index in [2.05, 4.69) is 5.32 Å². The molecular weight excluding hydrogens is 188 g/mol. The van der Waals surface area contributed by atoms with Crippen molar-refractivity contribution in [1.82, 2.24) is 0 Å². The molecule has 0 saturated heterocycles. The molecular formula is C12H12N2O. The van der Waals surface area contributed by atoms with Gasteiger partial charge < -0.3 is 11.1 Å². The first-order valence-electron chi connectivity index (χ1n) is 4.79. The van der Waals surface area contributed by atoms with Gasteiger partial charge in [0.15, 0.2) is 0 Å². The van der Waals surface area contributed by atoms with Crippen molar-refractivity contribution in [2.45, 2.75) is 0 Å². The average molecular weight is 200 g/mol. The number of nitrogens with one attached hydrogen (secondary N) is 1. The second kappa shape index (κ2) is 4.11. The summed E-state index contributed by atoms with van der Waals surface area (Å²) in [6.07, 6.45) is 0. The van der Waals surface area contributed by atoms with E-state index in [-0.39, 0.29) is 12.5 Å². The van der Waals surface area contributed by atoms with E-state index in [0.717, 1.165) is 16.5 Å². The van der Waals surface area contributed by atoms with Crippen LogP contribution < -0.4 is 11.1 Å². The summed E-state index contributed by atoms with van der Waals surface area (Å²) in [5.41, 5.74) is 6.06. The topological polar surface area (TPSA) is 55.1 Å². The fourth-order valence-corrected chi connectivity index (χ4v) is 1.54. The smallest absolute Gasteiger partial charge is 0.238 e. The molecule has 0 aliphatic heterocycles. The van der Waals surface area contributed by atoms with Crippen LogP contribution in [0.5, 0.6) is 0 Å². The number of carbonyl (C=O) groups excluding carboxylic acids is 1. The summed E-state index contributed by atoms with van der Waals surface area (Å²) in [4.78, 5) is 11.2. The number of hydrogen-bond donors (Lipinski definition) is 2. The molecule has 1 amide bonds. The van der Waals surface area contributed by atoms with Gasteiger partial charge in [-0.05, 0) is 11.5 Å². The van der Waals surface area contributed by atoms with Gasteiger partial charge in [0.2, 0.25) is 5.91 Å². The Balaban J connectivity index is 2.46. The standard InChI is InChI=1S/C12H12N2O/c13-8-12(15)14-11-7-3-5-9-4-1-2-6-10(9)11/h1-7H,8,13H2,(H,14,15). The lowest BCUT2D eigenvalue weighted by Crippen LogP contribution is -2.21. The lowest BCUT2D eigenvalue weighted by molar-refractivity contribution is -0.114. The highest BCUT2D eigenvalue weighted by molar-refractivity contribution is 6.02. The van der Waals surface area contributed by atoms with E-state index in [9.17, 15) is 4.79 Å². The Kier molecular flexibility index (Phi) is 2.65. The third kappa shape index (κ3) is 1.97. The third-order valence-electron chi connectivity index (χ3n) is 2.25. The Hall–Kier alpha value is -1.87. The number of benzene rings is 2. The number of rotatable bonds is 2. The Morgan fingerprint density at radius 3 is 2.67 bits per heavy atom. The molecule has 3 N–H and O–H groups in total. The molecule has 0 aliphatic rings. The molecule has 0 aromatic heterocycles. The van der Waals surface area contributed by atoms with Crippen LogP contribution in [-0.4, -0.2) is 12.5 Å². The van der Waals surface area contributed by atoms with Crippen LogP contribution in [0.2, 0.25) is 0 Å². The highest BCUT2D eigenvalue weighted by Crippen LogP contribution is 2.22. The summed E-state index contributed by atoms with van der Waals surface area (Å²) in [6.45, 7) is 0.00320. The molecule has 0 heterocycles. The first-order chi connectivity index (χ1) is 7.31. The largest absolute Gasteiger partial charge is 0.324 e. The summed E-state index contributed by atoms with van der Waals surface area (Å²) in [6, 6.07) is 13.7. The molecule has 0 aliphatic carbocycles.